The Morgan fingerprint density at radius 3 is 2.25 bits per heavy atom. The number of carbonyl (C=O) groups is 2. The van der Waals surface area contributed by atoms with Gasteiger partial charge in [0.25, 0.3) is 0 Å². The molecule has 0 heterocycles. The predicted molar refractivity (Wildman–Crippen MR) is 108 cm³/mol. The molecule has 0 aromatic heterocycles. The van der Waals surface area contributed by atoms with Crippen molar-refractivity contribution in [3.8, 4) is 5.75 Å². The second-order valence-electron chi connectivity index (χ2n) is 7.60. The van der Waals surface area contributed by atoms with Crippen molar-refractivity contribution < 1.29 is 19.4 Å². The van der Waals surface area contributed by atoms with Gasteiger partial charge < -0.3 is 20.5 Å². The summed E-state index contributed by atoms with van der Waals surface area (Å²) in [7, 11) is 0. The van der Waals surface area contributed by atoms with Gasteiger partial charge in [-0.3, -0.25) is 4.79 Å². The normalized spacial score (nSPS) is 12.1. The molecule has 0 saturated heterocycles. The van der Waals surface area contributed by atoms with Gasteiger partial charge in [0.1, 0.15) is 17.4 Å². The first-order valence-corrected chi connectivity index (χ1v) is 9.32. The zero-order chi connectivity index (χ0) is 20.6. The van der Waals surface area contributed by atoms with Crippen molar-refractivity contribution in [1.82, 2.24) is 10.6 Å². The first-order chi connectivity index (χ1) is 13.2. The lowest BCUT2D eigenvalue weighted by atomic mass is 10.0. The highest BCUT2D eigenvalue weighted by molar-refractivity contribution is 5.86. The summed E-state index contributed by atoms with van der Waals surface area (Å²) in [5.41, 5.74) is 1.28. The van der Waals surface area contributed by atoms with Crippen LogP contribution in [0.15, 0.2) is 54.6 Å². The molecule has 0 saturated carbocycles. The van der Waals surface area contributed by atoms with Gasteiger partial charge >= 0.3 is 6.09 Å². The molecule has 150 valence electrons. The maximum absolute atomic E-state index is 12.7. The van der Waals surface area contributed by atoms with E-state index < -0.39 is 17.7 Å². The summed E-state index contributed by atoms with van der Waals surface area (Å²) in [6, 6.07) is 15.6. The Balaban J connectivity index is 1.99. The zero-order valence-corrected chi connectivity index (χ0v) is 16.6. The van der Waals surface area contributed by atoms with Crippen LogP contribution >= 0.6 is 0 Å². The summed E-state index contributed by atoms with van der Waals surface area (Å²) in [5.74, 6) is -0.137. The van der Waals surface area contributed by atoms with Gasteiger partial charge in [0.15, 0.2) is 0 Å². The highest BCUT2D eigenvalue weighted by atomic mass is 16.6. The number of amides is 2. The Hall–Kier alpha value is -3.02. The number of rotatable bonds is 7. The van der Waals surface area contributed by atoms with Crippen molar-refractivity contribution in [2.75, 3.05) is 6.54 Å². The van der Waals surface area contributed by atoms with E-state index in [1.54, 1.807) is 45.0 Å². The lowest BCUT2D eigenvalue weighted by molar-refractivity contribution is -0.123. The Morgan fingerprint density at radius 2 is 1.64 bits per heavy atom. The van der Waals surface area contributed by atoms with Crippen LogP contribution < -0.4 is 10.6 Å². The number of nitrogens with one attached hydrogen (secondary N) is 2. The predicted octanol–water partition coefficient (Wildman–Crippen LogP) is 3.19. The SMILES string of the molecule is CC(C)(C)OC(=O)N[C@@H](Cc1ccc(O)cc1)C(=O)NCCc1ccccc1. The smallest absolute Gasteiger partial charge is 0.408 e. The number of ether oxygens (including phenoxy) is 1. The van der Waals surface area contributed by atoms with E-state index in [2.05, 4.69) is 10.6 Å². The fraction of sp³-hybridized carbons (Fsp3) is 0.364. The van der Waals surface area contributed by atoms with Gasteiger partial charge in [-0.25, -0.2) is 4.79 Å². The number of hydrogen-bond donors (Lipinski definition) is 3. The molecule has 0 unspecified atom stereocenters. The van der Waals surface area contributed by atoms with E-state index in [0.717, 1.165) is 11.1 Å². The molecule has 1 atom stereocenters. The Labute approximate surface area is 165 Å². The van der Waals surface area contributed by atoms with Crippen LogP contribution in [0.5, 0.6) is 5.75 Å². The first kappa shape index (κ1) is 21.3. The minimum atomic E-state index is -0.782. The Bertz CT molecular complexity index is 767. The molecule has 2 aromatic rings. The van der Waals surface area contributed by atoms with E-state index in [1.807, 2.05) is 30.3 Å². The summed E-state index contributed by atoms with van der Waals surface area (Å²) in [6.45, 7) is 5.76. The maximum atomic E-state index is 12.7. The zero-order valence-electron chi connectivity index (χ0n) is 16.6. The molecule has 2 amide bonds. The highest BCUT2D eigenvalue weighted by Gasteiger charge is 2.24. The van der Waals surface area contributed by atoms with Crippen LogP contribution in [-0.4, -0.2) is 35.3 Å². The molecular weight excluding hydrogens is 356 g/mol. The monoisotopic (exact) mass is 384 g/mol. The third-order valence-corrected chi connectivity index (χ3v) is 3.94. The van der Waals surface area contributed by atoms with Crippen LogP contribution in [0.25, 0.3) is 0 Å². The number of carbonyl (C=O) groups excluding carboxylic acids is 2. The van der Waals surface area contributed by atoms with Gasteiger partial charge in [0.05, 0.1) is 0 Å². The van der Waals surface area contributed by atoms with E-state index >= 15 is 0 Å². The van der Waals surface area contributed by atoms with E-state index in [1.165, 1.54) is 0 Å². The topological polar surface area (TPSA) is 87.7 Å². The molecule has 2 rings (SSSR count). The van der Waals surface area contributed by atoms with E-state index in [-0.39, 0.29) is 18.1 Å². The van der Waals surface area contributed by atoms with Crippen molar-refractivity contribution in [3.63, 3.8) is 0 Å². The highest BCUT2D eigenvalue weighted by Crippen LogP contribution is 2.12. The molecule has 0 spiro atoms. The molecule has 0 aliphatic rings. The van der Waals surface area contributed by atoms with Crippen LogP contribution in [0.4, 0.5) is 4.79 Å². The first-order valence-electron chi connectivity index (χ1n) is 9.32. The van der Waals surface area contributed by atoms with Crippen molar-refractivity contribution >= 4 is 12.0 Å². The average molecular weight is 384 g/mol. The molecule has 0 fully saturated rings. The molecule has 0 radical (unpaired) electrons. The number of alkyl carbamates (subject to hydrolysis) is 1. The summed E-state index contributed by atoms with van der Waals surface area (Å²) < 4.78 is 5.28. The molecule has 0 aliphatic carbocycles. The van der Waals surface area contributed by atoms with E-state index in [4.69, 9.17) is 4.74 Å². The maximum Gasteiger partial charge on any atom is 0.408 e. The molecule has 2 aromatic carbocycles. The summed E-state index contributed by atoms with van der Waals surface area (Å²) in [5, 5.41) is 15.0. The lowest BCUT2D eigenvalue weighted by Crippen LogP contribution is -2.49. The molecule has 6 heteroatoms. The second kappa shape index (κ2) is 9.78. The Morgan fingerprint density at radius 1 is 1.00 bits per heavy atom. The summed E-state index contributed by atoms with van der Waals surface area (Å²) in [6.07, 6.45) is 0.344. The van der Waals surface area contributed by atoms with Crippen LogP contribution in [-0.2, 0) is 22.4 Å². The molecule has 0 bridgehead atoms. The number of benzene rings is 2. The standard InChI is InChI=1S/C22H28N2O4/c1-22(2,3)28-21(27)24-19(15-17-9-11-18(25)12-10-17)20(26)23-14-13-16-7-5-4-6-8-16/h4-12,19,25H,13-15H2,1-3H3,(H,23,26)(H,24,27)/t19-/m0/s1. The minimum absolute atomic E-state index is 0.146. The van der Waals surface area contributed by atoms with Gasteiger partial charge in [-0.2, -0.15) is 0 Å². The van der Waals surface area contributed by atoms with Gasteiger partial charge in [0, 0.05) is 13.0 Å². The molecule has 6 nitrogen and oxygen atoms in total. The van der Waals surface area contributed by atoms with Crippen LogP contribution in [0, 0.1) is 0 Å². The van der Waals surface area contributed by atoms with E-state index in [0.29, 0.717) is 13.0 Å². The van der Waals surface area contributed by atoms with Gasteiger partial charge in [-0.05, 0) is 50.5 Å². The molecule has 28 heavy (non-hydrogen) atoms. The summed E-state index contributed by atoms with van der Waals surface area (Å²) >= 11 is 0. The third-order valence-electron chi connectivity index (χ3n) is 3.94. The molecule has 0 aliphatic heterocycles. The largest absolute Gasteiger partial charge is 0.508 e. The second-order valence-corrected chi connectivity index (χ2v) is 7.60. The molecule has 3 N–H and O–H groups in total. The van der Waals surface area contributed by atoms with E-state index in [9.17, 15) is 14.7 Å². The van der Waals surface area contributed by atoms with Crippen molar-refractivity contribution in [1.29, 1.82) is 0 Å². The number of hydrogen-bond acceptors (Lipinski definition) is 4. The fourth-order valence-corrected chi connectivity index (χ4v) is 2.62. The van der Waals surface area contributed by atoms with Gasteiger partial charge in [0.2, 0.25) is 5.91 Å². The Kier molecular flexibility index (Phi) is 7.44. The van der Waals surface area contributed by atoms with Crippen molar-refractivity contribution in [3.05, 3.63) is 65.7 Å². The number of aromatic hydroxyl groups is 1. The fourth-order valence-electron chi connectivity index (χ4n) is 2.62. The van der Waals surface area contributed by atoms with Gasteiger partial charge in [-0.15, -0.1) is 0 Å². The number of phenols is 1. The van der Waals surface area contributed by atoms with Gasteiger partial charge in [-0.1, -0.05) is 42.5 Å². The van der Waals surface area contributed by atoms with Crippen LogP contribution in [0.3, 0.4) is 0 Å². The van der Waals surface area contributed by atoms with Crippen molar-refractivity contribution in [2.24, 2.45) is 0 Å². The van der Waals surface area contributed by atoms with Crippen molar-refractivity contribution in [2.45, 2.75) is 45.3 Å². The van der Waals surface area contributed by atoms with Crippen LogP contribution in [0.1, 0.15) is 31.9 Å². The number of phenolic OH excluding ortho intramolecular Hbond substituents is 1. The minimum Gasteiger partial charge on any atom is -0.508 e. The summed E-state index contributed by atoms with van der Waals surface area (Å²) in [4.78, 5) is 24.8. The average Bonchev–Trinajstić information content (AvgIpc) is 2.62. The third kappa shape index (κ3) is 7.70. The molecular formula is C22H28N2O4. The lowest BCUT2D eigenvalue weighted by Gasteiger charge is -2.23. The van der Waals surface area contributed by atoms with Crippen LogP contribution in [0.2, 0.25) is 0 Å². The quantitative estimate of drug-likeness (QED) is 0.684.